The Morgan fingerprint density at radius 2 is 1.25 bits per heavy atom. The van der Waals surface area contributed by atoms with Crippen molar-refractivity contribution in [2.24, 2.45) is 5.11 Å². The minimum atomic E-state index is -2.29. The predicted molar refractivity (Wildman–Crippen MR) is 55.1 cm³/mol. The predicted octanol–water partition coefficient (Wildman–Crippen LogP) is 2.63. The lowest BCUT2D eigenvalue weighted by Gasteiger charge is -2.02. The van der Waals surface area contributed by atoms with Crippen LogP contribution in [0.25, 0.3) is 10.4 Å². The number of nitro groups is 3. The summed E-state index contributed by atoms with van der Waals surface area (Å²) < 4.78 is 27.1. The van der Waals surface area contributed by atoms with Crippen molar-refractivity contribution in [2.45, 2.75) is 0 Å². The van der Waals surface area contributed by atoms with Crippen LogP contribution in [0.3, 0.4) is 0 Å². The third kappa shape index (κ3) is 2.13. The Kier molecular flexibility index (Phi) is 3.71. The van der Waals surface area contributed by atoms with Gasteiger partial charge in [-0.2, -0.15) is 8.78 Å². The van der Waals surface area contributed by atoms with E-state index in [0.717, 1.165) is 0 Å². The van der Waals surface area contributed by atoms with Gasteiger partial charge in [0.15, 0.2) is 5.69 Å². The Hall–Kier alpha value is -3.41. The van der Waals surface area contributed by atoms with Gasteiger partial charge in [0.25, 0.3) is 11.6 Å². The van der Waals surface area contributed by atoms with Crippen molar-refractivity contribution in [3.8, 4) is 0 Å². The number of azide groups is 1. The first-order valence-corrected chi connectivity index (χ1v) is 4.27. The number of benzene rings is 1. The second-order valence-electron chi connectivity index (χ2n) is 2.98. The van der Waals surface area contributed by atoms with Gasteiger partial charge in [0.05, 0.1) is 14.8 Å². The van der Waals surface area contributed by atoms with Gasteiger partial charge >= 0.3 is 17.1 Å². The van der Waals surface area contributed by atoms with Gasteiger partial charge in [-0.05, 0) is 10.6 Å². The summed E-state index contributed by atoms with van der Waals surface area (Å²) in [6.45, 7) is 0. The molecule has 0 saturated carbocycles. The summed E-state index contributed by atoms with van der Waals surface area (Å²) in [5.74, 6) is -4.57. The van der Waals surface area contributed by atoms with Crippen LogP contribution in [0, 0.1) is 42.0 Å². The van der Waals surface area contributed by atoms with Gasteiger partial charge in [-0.15, -0.1) is 0 Å². The Morgan fingerprint density at radius 3 is 1.50 bits per heavy atom. The van der Waals surface area contributed by atoms with Crippen LogP contribution >= 0.6 is 0 Å². The third-order valence-electron chi connectivity index (χ3n) is 1.97. The molecule has 0 fully saturated rings. The van der Waals surface area contributed by atoms with Crippen LogP contribution in [-0.2, 0) is 0 Å². The van der Waals surface area contributed by atoms with E-state index in [4.69, 9.17) is 5.53 Å². The van der Waals surface area contributed by atoms with Crippen molar-refractivity contribution >= 4 is 22.7 Å². The topological polar surface area (TPSA) is 178 Å². The van der Waals surface area contributed by atoms with Crippen LogP contribution in [0.4, 0.5) is 31.5 Å². The van der Waals surface area contributed by atoms with Crippen molar-refractivity contribution in [3.63, 3.8) is 0 Å². The molecule has 104 valence electrons. The number of rotatable bonds is 4. The number of halogens is 2. The zero-order chi connectivity index (χ0) is 15.6. The zero-order valence-corrected chi connectivity index (χ0v) is 8.89. The molecule has 0 radical (unpaired) electrons. The van der Waals surface area contributed by atoms with Crippen molar-refractivity contribution in [3.05, 3.63) is 52.4 Å². The highest BCUT2D eigenvalue weighted by Gasteiger charge is 2.43. The Bertz CT molecular complexity index is 657. The van der Waals surface area contributed by atoms with E-state index >= 15 is 0 Å². The average molecular weight is 290 g/mol. The van der Waals surface area contributed by atoms with Crippen molar-refractivity contribution in [1.29, 1.82) is 0 Å². The molecule has 20 heavy (non-hydrogen) atoms. The molecule has 1 rings (SSSR count). The summed E-state index contributed by atoms with van der Waals surface area (Å²) in [7, 11) is 0. The van der Waals surface area contributed by atoms with Crippen molar-refractivity contribution in [1.82, 2.24) is 0 Å². The van der Waals surface area contributed by atoms with E-state index in [9.17, 15) is 39.1 Å². The molecule has 1 aromatic rings. The second-order valence-corrected chi connectivity index (χ2v) is 2.98. The van der Waals surface area contributed by atoms with Crippen LogP contribution in [0.15, 0.2) is 5.11 Å². The van der Waals surface area contributed by atoms with E-state index in [2.05, 4.69) is 5.11 Å². The lowest BCUT2D eigenvalue weighted by molar-refractivity contribution is -0.409. The molecule has 0 aliphatic carbocycles. The molecule has 1 aromatic carbocycles. The standard InChI is InChI=1S/C6F2N6O6/c7-1-4(12(15)16)2(8)6(14(19)20)3(10-11-9)5(1)13(17)18. The molecule has 0 atom stereocenters. The third-order valence-corrected chi connectivity index (χ3v) is 1.97. The van der Waals surface area contributed by atoms with Crippen molar-refractivity contribution < 1.29 is 23.6 Å². The van der Waals surface area contributed by atoms with Crippen LogP contribution in [0.2, 0.25) is 0 Å². The van der Waals surface area contributed by atoms with Crippen LogP contribution < -0.4 is 0 Å². The fourth-order valence-electron chi connectivity index (χ4n) is 1.27. The van der Waals surface area contributed by atoms with Gasteiger partial charge < -0.3 is 0 Å². The molecule has 0 aliphatic rings. The molecular weight excluding hydrogens is 290 g/mol. The van der Waals surface area contributed by atoms with E-state index < -0.39 is 49.2 Å². The molecule has 12 nitrogen and oxygen atoms in total. The maximum atomic E-state index is 13.5. The van der Waals surface area contributed by atoms with Gasteiger partial charge in [0.1, 0.15) is 0 Å². The first-order valence-electron chi connectivity index (χ1n) is 4.27. The van der Waals surface area contributed by atoms with Gasteiger partial charge in [0.2, 0.25) is 0 Å². The van der Waals surface area contributed by atoms with E-state index in [-0.39, 0.29) is 0 Å². The van der Waals surface area contributed by atoms with Gasteiger partial charge in [0, 0.05) is 4.91 Å². The van der Waals surface area contributed by atoms with E-state index in [1.807, 2.05) is 4.91 Å². The number of hydrogen-bond donors (Lipinski definition) is 0. The summed E-state index contributed by atoms with van der Waals surface area (Å²) in [5, 5.41) is 34.1. The highest BCUT2D eigenvalue weighted by molar-refractivity contribution is 5.75. The zero-order valence-electron chi connectivity index (χ0n) is 8.89. The van der Waals surface area contributed by atoms with Crippen LogP contribution in [0.1, 0.15) is 0 Å². The maximum Gasteiger partial charge on any atom is 0.354 e. The average Bonchev–Trinajstić information content (AvgIpc) is 2.26. The molecule has 0 N–H and O–H groups in total. The van der Waals surface area contributed by atoms with Crippen LogP contribution in [-0.4, -0.2) is 14.8 Å². The molecule has 0 spiro atoms. The first kappa shape index (κ1) is 14.7. The fraction of sp³-hybridized carbons (Fsp3) is 0. The highest BCUT2D eigenvalue weighted by Crippen LogP contribution is 2.45. The second kappa shape index (κ2) is 5.07. The minimum Gasteiger partial charge on any atom is -0.258 e. The van der Waals surface area contributed by atoms with E-state index in [0.29, 0.717) is 0 Å². The largest absolute Gasteiger partial charge is 0.354 e. The maximum absolute atomic E-state index is 13.5. The normalized spacial score (nSPS) is 9.70. The van der Waals surface area contributed by atoms with Crippen molar-refractivity contribution in [2.75, 3.05) is 0 Å². The quantitative estimate of drug-likeness (QED) is 0.270. The van der Waals surface area contributed by atoms with Gasteiger partial charge in [-0.25, -0.2) is 0 Å². The molecule has 14 heteroatoms. The SMILES string of the molecule is [N-]=[N+]=Nc1c([N+](=O)[O-])c(F)c([N+](=O)[O-])c(F)c1[N+](=O)[O-]. The number of nitrogens with zero attached hydrogens (tertiary/aromatic N) is 6. The van der Waals surface area contributed by atoms with Gasteiger partial charge in [-0.3, -0.25) is 30.3 Å². The smallest absolute Gasteiger partial charge is 0.258 e. The molecule has 0 aliphatic heterocycles. The summed E-state index contributed by atoms with van der Waals surface area (Å²) in [6.07, 6.45) is 0. The summed E-state index contributed by atoms with van der Waals surface area (Å²) >= 11 is 0. The molecule has 0 heterocycles. The molecule has 0 saturated heterocycles. The summed E-state index contributed by atoms with van der Waals surface area (Å²) in [5.41, 5.74) is 0.732. The Labute approximate surface area is 105 Å². The number of hydrogen-bond acceptors (Lipinski definition) is 7. The summed E-state index contributed by atoms with van der Waals surface area (Å²) in [4.78, 5) is 28.7. The van der Waals surface area contributed by atoms with Gasteiger partial charge in [-0.1, -0.05) is 0 Å². The minimum absolute atomic E-state index is 1.59. The molecule has 0 aromatic heterocycles. The Balaban J connectivity index is 4.11. The molecular formula is C6F2N6O6. The Morgan fingerprint density at radius 1 is 0.900 bits per heavy atom. The fourth-order valence-corrected chi connectivity index (χ4v) is 1.27. The van der Waals surface area contributed by atoms with E-state index in [1.165, 1.54) is 0 Å². The molecule has 0 amide bonds. The monoisotopic (exact) mass is 290 g/mol. The van der Waals surface area contributed by atoms with Crippen LogP contribution in [0.5, 0.6) is 0 Å². The molecule has 0 unspecified atom stereocenters. The first-order chi connectivity index (χ1) is 9.23. The summed E-state index contributed by atoms with van der Waals surface area (Å²) in [6, 6.07) is 0. The lowest BCUT2D eigenvalue weighted by Crippen LogP contribution is -2.06. The highest BCUT2D eigenvalue weighted by atomic mass is 19.1. The lowest BCUT2D eigenvalue weighted by atomic mass is 10.2. The van der Waals surface area contributed by atoms with E-state index in [1.54, 1.807) is 0 Å². The number of nitro benzene ring substituents is 3. The molecule has 0 bridgehead atoms.